The van der Waals surface area contributed by atoms with Crippen LogP contribution in [0.5, 0.6) is 23.0 Å². The maximum atomic E-state index is 14.5. The van der Waals surface area contributed by atoms with Crippen LogP contribution in [0.2, 0.25) is 0 Å². The molecule has 3 aromatic carbocycles. The van der Waals surface area contributed by atoms with Gasteiger partial charge in [0.15, 0.2) is 32.9 Å². The molecule has 3 rings (SSSR count). The van der Waals surface area contributed by atoms with E-state index in [1.165, 1.54) is 52.7 Å². The summed E-state index contributed by atoms with van der Waals surface area (Å²) in [4.78, 5) is 0.0402. The number of rotatable bonds is 9. The van der Waals surface area contributed by atoms with Crippen molar-refractivity contribution in [2.45, 2.75) is 10.6 Å². The van der Waals surface area contributed by atoms with Gasteiger partial charge in [0.2, 0.25) is 5.75 Å². The van der Waals surface area contributed by atoms with Gasteiger partial charge >= 0.3 is 0 Å². The van der Waals surface area contributed by atoms with Gasteiger partial charge in [-0.15, -0.1) is 0 Å². The Morgan fingerprint density at radius 3 is 2.06 bits per heavy atom. The van der Waals surface area contributed by atoms with Gasteiger partial charge in [-0.3, -0.25) is 0 Å². The highest BCUT2D eigenvalue weighted by atomic mass is 32.2. The van der Waals surface area contributed by atoms with Crippen molar-refractivity contribution in [1.29, 1.82) is 0 Å². The fourth-order valence-corrected chi connectivity index (χ4v) is 4.95. The third kappa shape index (κ3) is 5.26. The van der Waals surface area contributed by atoms with Crippen LogP contribution in [-0.4, -0.2) is 36.9 Å². The summed E-state index contributed by atoms with van der Waals surface area (Å²) in [7, 11) is 1.98. The van der Waals surface area contributed by atoms with E-state index >= 15 is 0 Å². The normalized spacial score (nSPS) is 11.4. The number of ether oxygens (including phenoxy) is 4. The zero-order valence-electron chi connectivity index (χ0n) is 19.3. The highest BCUT2D eigenvalue weighted by Gasteiger charge is 2.22. The lowest BCUT2D eigenvalue weighted by atomic mass is 10.0. The van der Waals surface area contributed by atoms with Crippen LogP contribution in [0.15, 0.2) is 53.4 Å². The summed E-state index contributed by atoms with van der Waals surface area (Å²) in [6.45, 7) is 0. The quantitative estimate of drug-likeness (QED) is 0.348. The Morgan fingerprint density at radius 1 is 0.853 bits per heavy atom. The lowest BCUT2D eigenvalue weighted by Crippen LogP contribution is -2.09. The number of nitrogens with two attached hydrogens (primary N) is 1. The molecule has 0 aliphatic heterocycles. The molecule has 0 atom stereocenters. The van der Waals surface area contributed by atoms with Gasteiger partial charge in [0, 0.05) is 11.3 Å². The molecule has 0 unspecified atom stereocenters. The number of anilines is 1. The molecule has 3 aromatic rings. The maximum Gasteiger partial charge on any atom is 0.203 e. The topological polar surface area (TPSA) is 97.1 Å². The average Bonchev–Trinajstić information content (AvgIpc) is 2.82. The fraction of sp³-hybridized carbons (Fsp3) is 0.200. The Labute approximate surface area is 198 Å². The first-order valence-corrected chi connectivity index (χ1v) is 11.8. The van der Waals surface area contributed by atoms with Crippen molar-refractivity contribution in [3.05, 3.63) is 71.0 Å². The molecule has 0 radical (unpaired) electrons. The molecule has 180 valence electrons. The number of hydrogen-bond acceptors (Lipinski definition) is 7. The third-order valence-electron chi connectivity index (χ3n) is 5.15. The second-order valence-corrected chi connectivity index (χ2v) is 9.26. The Kier molecular flexibility index (Phi) is 7.68. The Balaban J connectivity index is 2.08. The molecule has 34 heavy (non-hydrogen) atoms. The zero-order chi connectivity index (χ0) is 24.9. The highest BCUT2D eigenvalue weighted by Crippen LogP contribution is 2.39. The van der Waals surface area contributed by atoms with Gasteiger partial charge in [-0.05, 0) is 47.5 Å². The lowest BCUT2D eigenvalue weighted by molar-refractivity contribution is 0.324. The van der Waals surface area contributed by atoms with Crippen molar-refractivity contribution in [3.8, 4) is 23.0 Å². The highest BCUT2D eigenvalue weighted by molar-refractivity contribution is 7.90. The average molecular weight is 488 g/mol. The van der Waals surface area contributed by atoms with Crippen molar-refractivity contribution in [2.75, 3.05) is 34.2 Å². The van der Waals surface area contributed by atoms with Crippen molar-refractivity contribution in [2.24, 2.45) is 0 Å². The molecule has 0 aromatic heterocycles. The smallest absolute Gasteiger partial charge is 0.203 e. The molecule has 0 bridgehead atoms. The van der Waals surface area contributed by atoms with E-state index in [9.17, 15) is 12.8 Å². The van der Waals surface area contributed by atoms with Crippen molar-refractivity contribution < 1.29 is 31.8 Å². The molecule has 0 saturated carbocycles. The van der Waals surface area contributed by atoms with E-state index in [0.29, 0.717) is 34.1 Å². The third-order valence-corrected chi connectivity index (χ3v) is 6.79. The summed E-state index contributed by atoms with van der Waals surface area (Å²) < 4.78 is 62.0. The molecule has 0 aliphatic carbocycles. The Hall–Kier alpha value is -3.72. The van der Waals surface area contributed by atoms with E-state index in [-0.39, 0.29) is 16.2 Å². The van der Waals surface area contributed by atoms with Crippen molar-refractivity contribution >= 4 is 27.7 Å². The first-order chi connectivity index (χ1) is 16.2. The van der Waals surface area contributed by atoms with Gasteiger partial charge in [0.25, 0.3) is 0 Å². The van der Waals surface area contributed by atoms with Gasteiger partial charge in [0.1, 0.15) is 0 Å². The minimum absolute atomic E-state index is 0.0402. The summed E-state index contributed by atoms with van der Waals surface area (Å²) in [5, 5.41) is 0. The monoisotopic (exact) mass is 487 g/mol. The predicted octanol–water partition coefficient (Wildman–Crippen LogP) is 4.59. The van der Waals surface area contributed by atoms with E-state index in [1.807, 2.05) is 0 Å². The molecular formula is C25H26FNO6S. The van der Waals surface area contributed by atoms with E-state index in [0.717, 1.165) is 0 Å². The molecule has 2 N–H and O–H groups in total. The minimum Gasteiger partial charge on any atom is -0.493 e. The number of methoxy groups -OCH3 is 4. The van der Waals surface area contributed by atoms with E-state index in [2.05, 4.69) is 0 Å². The minimum atomic E-state index is -3.84. The first kappa shape index (κ1) is 24.9. The zero-order valence-corrected chi connectivity index (χ0v) is 20.1. The molecule has 0 saturated heterocycles. The largest absolute Gasteiger partial charge is 0.493 e. The van der Waals surface area contributed by atoms with Crippen molar-refractivity contribution in [3.63, 3.8) is 0 Å². The van der Waals surface area contributed by atoms with Crippen LogP contribution in [0.1, 0.15) is 16.7 Å². The van der Waals surface area contributed by atoms with Crippen LogP contribution in [0.25, 0.3) is 12.2 Å². The van der Waals surface area contributed by atoms with E-state index < -0.39 is 21.4 Å². The predicted molar refractivity (Wildman–Crippen MR) is 130 cm³/mol. The van der Waals surface area contributed by atoms with Gasteiger partial charge in [-0.1, -0.05) is 24.3 Å². The van der Waals surface area contributed by atoms with Crippen LogP contribution in [-0.2, 0) is 15.6 Å². The number of sulfone groups is 1. The molecule has 0 heterocycles. The van der Waals surface area contributed by atoms with Crippen LogP contribution in [0.4, 0.5) is 10.1 Å². The molecule has 9 heteroatoms. The lowest BCUT2D eigenvalue weighted by Gasteiger charge is -2.14. The summed E-state index contributed by atoms with van der Waals surface area (Å²) in [6.07, 6.45) is 3.40. The summed E-state index contributed by atoms with van der Waals surface area (Å²) in [5.74, 6) is 0.0846. The fourth-order valence-electron chi connectivity index (χ4n) is 3.51. The maximum absolute atomic E-state index is 14.5. The van der Waals surface area contributed by atoms with Crippen LogP contribution < -0.4 is 24.7 Å². The standard InChI is InChI=1S/C25H26FNO6S/c1-30-22-12-16(13-23(31-2)25(22)33-4)8-9-17-10-11-21(26)24(32-3)20(17)15-34(28,29)19-7-5-6-18(27)14-19/h5-14H,15,27H2,1-4H3/b9-8-. The van der Waals surface area contributed by atoms with Crippen molar-refractivity contribution in [1.82, 2.24) is 0 Å². The molecule has 0 fully saturated rings. The SMILES string of the molecule is COc1cc(/C=C\c2ccc(F)c(OC)c2CS(=O)(=O)c2cccc(N)c2)cc(OC)c1OC. The molecule has 0 amide bonds. The Morgan fingerprint density at radius 2 is 1.50 bits per heavy atom. The molecular weight excluding hydrogens is 461 g/mol. The summed E-state index contributed by atoms with van der Waals surface area (Å²) in [6, 6.07) is 12.2. The van der Waals surface area contributed by atoms with Gasteiger partial charge in [-0.2, -0.15) is 0 Å². The second kappa shape index (κ2) is 10.5. The second-order valence-electron chi connectivity index (χ2n) is 7.27. The summed E-state index contributed by atoms with van der Waals surface area (Å²) >= 11 is 0. The van der Waals surface area contributed by atoms with E-state index in [1.54, 1.807) is 36.4 Å². The summed E-state index contributed by atoms with van der Waals surface area (Å²) in [5.41, 5.74) is 7.42. The number of benzene rings is 3. The first-order valence-electron chi connectivity index (χ1n) is 10.2. The molecule has 0 spiro atoms. The number of hydrogen-bond donors (Lipinski definition) is 1. The van der Waals surface area contributed by atoms with Gasteiger partial charge < -0.3 is 24.7 Å². The molecule has 0 aliphatic rings. The Bertz CT molecular complexity index is 1300. The van der Waals surface area contributed by atoms with Gasteiger partial charge in [0.05, 0.1) is 39.1 Å². The van der Waals surface area contributed by atoms with Gasteiger partial charge in [-0.25, -0.2) is 12.8 Å². The van der Waals surface area contributed by atoms with Crippen LogP contribution in [0.3, 0.4) is 0 Å². The number of nitrogen functional groups attached to an aromatic ring is 1. The molecule has 7 nitrogen and oxygen atoms in total. The number of halogens is 1. The van der Waals surface area contributed by atoms with Crippen LogP contribution in [0, 0.1) is 5.82 Å². The van der Waals surface area contributed by atoms with E-state index in [4.69, 9.17) is 24.7 Å². The van der Waals surface area contributed by atoms with Crippen LogP contribution >= 0.6 is 0 Å².